The first-order chi connectivity index (χ1) is 6.36. The Morgan fingerprint density at radius 3 is 2.62 bits per heavy atom. The van der Waals surface area contributed by atoms with Gasteiger partial charge in [-0.25, -0.2) is 0 Å². The van der Waals surface area contributed by atoms with E-state index < -0.39 is 0 Å². The number of piperidine rings is 1. The van der Waals surface area contributed by atoms with E-state index in [0.29, 0.717) is 0 Å². The zero-order valence-corrected chi connectivity index (χ0v) is 8.39. The van der Waals surface area contributed by atoms with Gasteiger partial charge in [-0.2, -0.15) is 0 Å². The Morgan fingerprint density at radius 2 is 1.92 bits per heavy atom. The van der Waals surface area contributed by atoms with Crippen molar-refractivity contribution >= 4 is 5.84 Å². The van der Waals surface area contributed by atoms with Crippen LogP contribution < -0.4 is 0 Å². The SMILES string of the molecule is N=C1CCCCN1CC1CCCC1. The molecule has 1 saturated heterocycles. The largest absolute Gasteiger partial charge is 0.360 e. The maximum Gasteiger partial charge on any atom is 0.0957 e. The molecule has 2 aliphatic rings. The number of hydrogen-bond acceptors (Lipinski definition) is 1. The summed E-state index contributed by atoms with van der Waals surface area (Å²) in [6.45, 7) is 2.33. The molecule has 2 heteroatoms. The first kappa shape index (κ1) is 9.04. The molecule has 0 aromatic carbocycles. The number of hydrogen-bond donors (Lipinski definition) is 1. The molecule has 0 bridgehead atoms. The van der Waals surface area contributed by atoms with Gasteiger partial charge in [-0.1, -0.05) is 12.8 Å². The molecule has 13 heavy (non-hydrogen) atoms. The van der Waals surface area contributed by atoms with Crippen LogP contribution in [0.5, 0.6) is 0 Å². The van der Waals surface area contributed by atoms with Crippen LogP contribution in [0.1, 0.15) is 44.9 Å². The minimum absolute atomic E-state index is 0.901. The highest BCUT2D eigenvalue weighted by molar-refractivity contribution is 5.79. The lowest BCUT2D eigenvalue weighted by Crippen LogP contribution is -2.37. The molecule has 0 aromatic heterocycles. The van der Waals surface area contributed by atoms with Crippen LogP contribution in [0.25, 0.3) is 0 Å². The summed E-state index contributed by atoms with van der Waals surface area (Å²) < 4.78 is 0. The van der Waals surface area contributed by atoms with Crippen molar-refractivity contribution in [1.29, 1.82) is 5.41 Å². The summed E-state index contributed by atoms with van der Waals surface area (Å²) in [6, 6.07) is 0. The Labute approximate surface area is 80.8 Å². The van der Waals surface area contributed by atoms with Crippen LogP contribution in [-0.2, 0) is 0 Å². The van der Waals surface area contributed by atoms with E-state index in [4.69, 9.17) is 5.41 Å². The highest BCUT2D eigenvalue weighted by Crippen LogP contribution is 2.26. The topological polar surface area (TPSA) is 27.1 Å². The number of rotatable bonds is 2. The lowest BCUT2D eigenvalue weighted by atomic mass is 10.0. The van der Waals surface area contributed by atoms with Gasteiger partial charge in [0.05, 0.1) is 5.84 Å². The number of nitrogens with zero attached hydrogens (tertiary/aromatic N) is 1. The molecular weight excluding hydrogens is 160 g/mol. The minimum atomic E-state index is 0.901. The lowest BCUT2D eigenvalue weighted by molar-refractivity contribution is 0.309. The molecule has 2 nitrogen and oxygen atoms in total. The molecule has 1 aliphatic heterocycles. The van der Waals surface area contributed by atoms with Crippen molar-refractivity contribution in [3.05, 3.63) is 0 Å². The van der Waals surface area contributed by atoms with Gasteiger partial charge in [0.25, 0.3) is 0 Å². The van der Waals surface area contributed by atoms with Gasteiger partial charge >= 0.3 is 0 Å². The first-order valence-corrected chi connectivity index (χ1v) is 5.68. The van der Waals surface area contributed by atoms with E-state index in [1.165, 1.54) is 45.1 Å². The van der Waals surface area contributed by atoms with Crippen molar-refractivity contribution in [3.63, 3.8) is 0 Å². The summed E-state index contributed by atoms with van der Waals surface area (Å²) >= 11 is 0. The Hall–Kier alpha value is -0.530. The molecule has 74 valence electrons. The van der Waals surface area contributed by atoms with Crippen LogP contribution >= 0.6 is 0 Å². The second-order valence-electron chi connectivity index (χ2n) is 4.50. The summed E-state index contributed by atoms with van der Waals surface area (Å²) in [4.78, 5) is 2.32. The van der Waals surface area contributed by atoms with Crippen molar-refractivity contribution in [2.75, 3.05) is 13.1 Å². The van der Waals surface area contributed by atoms with Gasteiger partial charge in [0.2, 0.25) is 0 Å². The lowest BCUT2D eigenvalue weighted by Gasteiger charge is -2.31. The van der Waals surface area contributed by atoms with Crippen LogP contribution in [0, 0.1) is 11.3 Å². The van der Waals surface area contributed by atoms with Gasteiger partial charge < -0.3 is 4.90 Å². The fourth-order valence-corrected chi connectivity index (χ4v) is 2.59. The predicted molar refractivity (Wildman–Crippen MR) is 55.1 cm³/mol. The minimum Gasteiger partial charge on any atom is -0.360 e. The third-order valence-corrected chi connectivity index (χ3v) is 3.43. The number of amidine groups is 1. The van der Waals surface area contributed by atoms with Crippen molar-refractivity contribution in [3.8, 4) is 0 Å². The zero-order valence-electron chi connectivity index (χ0n) is 8.39. The van der Waals surface area contributed by atoms with E-state index in [2.05, 4.69) is 4.90 Å². The summed E-state index contributed by atoms with van der Waals surface area (Å²) in [6.07, 6.45) is 9.22. The fraction of sp³-hybridized carbons (Fsp3) is 0.909. The Kier molecular flexibility index (Phi) is 2.87. The molecule has 0 amide bonds. The average Bonchev–Trinajstić information content (AvgIpc) is 2.61. The van der Waals surface area contributed by atoms with E-state index in [1.807, 2.05) is 0 Å². The average molecular weight is 180 g/mol. The van der Waals surface area contributed by atoms with Crippen LogP contribution in [-0.4, -0.2) is 23.8 Å². The molecule has 0 atom stereocenters. The second-order valence-corrected chi connectivity index (χ2v) is 4.50. The maximum absolute atomic E-state index is 7.84. The molecule has 1 heterocycles. The predicted octanol–water partition coefficient (Wildman–Crippen LogP) is 2.64. The highest BCUT2D eigenvalue weighted by Gasteiger charge is 2.21. The molecular formula is C11H20N2. The molecule has 0 spiro atoms. The first-order valence-electron chi connectivity index (χ1n) is 5.68. The summed E-state index contributed by atoms with van der Waals surface area (Å²) in [5, 5.41) is 7.84. The highest BCUT2D eigenvalue weighted by atomic mass is 15.2. The van der Waals surface area contributed by atoms with Crippen molar-refractivity contribution in [1.82, 2.24) is 4.90 Å². The van der Waals surface area contributed by atoms with Crippen LogP contribution in [0.3, 0.4) is 0 Å². The van der Waals surface area contributed by atoms with Crippen molar-refractivity contribution in [2.45, 2.75) is 44.9 Å². The quantitative estimate of drug-likeness (QED) is 0.695. The third kappa shape index (κ3) is 2.23. The molecule has 0 unspecified atom stereocenters. The third-order valence-electron chi connectivity index (χ3n) is 3.43. The molecule has 1 N–H and O–H groups in total. The Balaban J connectivity index is 1.81. The summed E-state index contributed by atoms with van der Waals surface area (Å²) in [5.41, 5.74) is 0. The van der Waals surface area contributed by atoms with E-state index in [1.54, 1.807) is 0 Å². The monoisotopic (exact) mass is 180 g/mol. The zero-order chi connectivity index (χ0) is 9.10. The van der Waals surface area contributed by atoms with E-state index in [9.17, 15) is 0 Å². The van der Waals surface area contributed by atoms with Gasteiger partial charge in [-0.15, -0.1) is 0 Å². The molecule has 2 rings (SSSR count). The molecule has 1 saturated carbocycles. The Bertz CT molecular complexity index is 183. The molecule has 0 radical (unpaired) electrons. The van der Waals surface area contributed by atoms with Gasteiger partial charge in [-0.3, -0.25) is 5.41 Å². The number of nitrogens with one attached hydrogen (secondary N) is 1. The Morgan fingerprint density at radius 1 is 1.15 bits per heavy atom. The van der Waals surface area contributed by atoms with E-state index in [-0.39, 0.29) is 0 Å². The summed E-state index contributed by atoms with van der Waals surface area (Å²) in [7, 11) is 0. The standard InChI is InChI=1S/C11H20N2/c12-11-7-3-4-8-13(11)9-10-5-1-2-6-10/h10,12H,1-9H2. The maximum atomic E-state index is 7.84. The molecule has 2 fully saturated rings. The normalized spacial score (nSPS) is 25.5. The van der Waals surface area contributed by atoms with Crippen LogP contribution in [0.2, 0.25) is 0 Å². The van der Waals surface area contributed by atoms with Crippen LogP contribution in [0.15, 0.2) is 0 Å². The van der Waals surface area contributed by atoms with Gasteiger partial charge in [-0.05, 0) is 31.6 Å². The van der Waals surface area contributed by atoms with Gasteiger partial charge in [0.15, 0.2) is 0 Å². The van der Waals surface area contributed by atoms with E-state index in [0.717, 1.165) is 24.7 Å². The van der Waals surface area contributed by atoms with Gasteiger partial charge in [0, 0.05) is 19.5 Å². The molecule has 0 aromatic rings. The summed E-state index contributed by atoms with van der Waals surface area (Å²) in [5.74, 6) is 1.80. The van der Waals surface area contributed by atoms with Crippen molar-refractivity contribution in [2.24, 2.45) is 5.92 Å². The van der Waals surface area contributed by atoms with Gasteiger partial charge in [0.1, 0.15) is 0 Å². The number of likely N-dealkylation sites (tertiary alicyclic amines) is 1. The van der Waals surface area contributed by atoms with Crippen LogP contribution in [0.4, 0.5) is 0 Å². The smallest absolute Gasteiger partial charge is 0.0957 e. The molecule has 1 aliphatic carbocycles. The van der Waals surface area contributed by atoms with E-state index >= 15 is 0 Å². The van der Waals surface area contributed by atoms with Crippen molar-refractivity contribution < 1.29 is 0 Å². The second kappa shape index (κ2) is 4.12. The fourth-order valence-electron chi connectivity index (χ4n) is 2.59.